The number of aromatic nitrogens is 2. The van der Waals surface area contributed by atoms with Crippen molar-refractivity contribution in [3.05, 3.63) is 18.2 Å². The summed E-state index contributed by atoms with van der Waals surface area (Å²) in [6.07, 6.45) is 5.83. The lowest BCUT2D eigenvalue weighted by molar-refractivity contribution is 0.0872. The van der Waals surface area contributed by atoms with Gasteiger partial charge in [0.2, 0.25) is 0 Å². The maximum atomic E-state index is 5.49. The first-order valence-electron chi connectivity index (χ1n) is 4.52. The first-order chi connectivity index (χ1) is 6.38. The third-order valence-corrected chi connectivity index (χ3v) is 1.88. The van der Waals surface area contributed by atoms with Crippen molar-refractivity contribution in [1.29, 1.82) is 0 Å². The van der Waals surface area contributed by atoms with Gasteiger partial charge >= 0.3 is 0 Å². The van der Waals surface area contributed by atoms with Crippen LogP contribution in [0.25, 0.3) is 0 Å². The highest BCUT2D eigenvalue weighted by Gasteiger charge is 2.00. The van der Waals surface area contributed by atoms with E-state index >= 15 is 0 Å². The third-order valence-electron chi connectivity index (χ3n) is 1.73. The van der Waals surface area contributed by atoms with Gasteiger partial charge < -0.3 is 9.30 Å². The molecule has 0 aliphatic carbocycles. The molecule has 13 heavy (non-hydrogen) atoms. The molecule has 1 heterocycles. The van der Waals surface area contributed by atoms with Gasteiger partial charge in [-0.1, -0.05) is 6.92 Å². The normalized spacial score (nSPS) is 10.6. The monoisotopic (exact) mass is 202 g/mol. The largest absolute Gasteiger partial charge is 0.360 e. The van der Waals surface area contributed by atoms with Crippen molar-refractivity contribution >= 4 is 11.6 Å². The minimum absolute atomic E-state index is 0.539. The van der Waals surface area contributed by atoms with E-state index < -0.39 is 0 Å². The summed E-state index contributed by atoms with van der Waals surface area (Å²) in [6, 6.07) is 0. The quantitative estimate of drug-likeness (QED) is 0.522. The fraction of sp³-hybridized carbons (Fsp3) is 0.667. The van der Waals surface area contributed by atoms with E-state index in [1.165, 1.54) is 0 Å². The average molecular weight is 203 g/mol. The summed E-state index contributed by atoms with van der Waals surface area (Å²) in [7, 11) is 0. The molecular formula is C9H15ClN2O. The number of nitrogens with zero attached hydrogens (tertiary/aromatic N) is 2. The van der Waals surface area contributed by atoms with E-state index in [-0.39, 0.29) is 0 Å². The van der Waals surface area contributed by atoms with E-state index in [2.05, 4.69) is 11.9 Å². The number of ether oxygens (including phenoxy) is 1. The standard InChI is InChI=1S/C9H15ClN2O/c1-2-3-9-11-5-6-12(9)8-13-7-4-10/h5-6H,2-4,7-8H2,1H3. The van der Waals surface area contributed by atoms with Crippen molar-refractivity contribution in [3.63, 3.8) is 0 Å². The van der Waals surface area contributed by atoms with E-state index in [4.69, 9.17) is 16.3 Å². The smallest absolute Gasteiger partial charge is 0.124 e. The molecule has 1 aromatic rings. The summed E-state index contributed by atoms with van der Waals surface area (Å²) >= 11 is 5.49. The lowest BCUT2D eigenvalue weighted by Gasteiger charge is -2.06. The van der Waals surface area contributed by atoms with Crippen molar-refractivity contribution < 1.29 is 4.74 Å². The predicted molar refractivity (Wildman–Crippen MR) is 52.9 cm³/mol. The molecule has 0 fully saturated rings. The molecule has 4 heteroatoms. The molecule has 0 spiro atoms. The maximum Gasteiger partial charge on any atom is 0.124 e. The van der Waals surface area contributed by atoms with Crippen molar-refractivity contribution in [2.75, 3.05) is 12.5 Å². The van der Waals surface area contributed by atoms with E-state index in [1.54, 1.807) is 6.20 Å². The van der Waals surface area contributed by atoms with Crippen LogP contribution in [0.3, 0.4) is 0 Å². The number of imidazole rings is 1. The lowest BCUT2D eigenvalue weighted by Crippen LogP contribution is -2.07. The second-order valence-corrected chi connectivity index (χ2v) is 3.17. The highest BCUT2D eigenvalue weighted by atomic mass is 35.5. The van der Waals surface area contributed by atoms with Gasteiger partial charge in [0.05, 0.1) is 6.61 Å². The summed E-state index contributed by atoms with van der Waals surface area (Å²) in [5, 5.41) is 0. The first-order valence-corrected chi connectivity index (χ1v) is 5.05. The molecule has 0 aliphatic heterocycles. The Bertz CT molecular complexity index is 237. The van der Waals surface area contributed by atoms with Crippen LogP contribution in [0.2, 0.25) is 0 Å². The summed E-state index contributed by atoms with van der Waals surface area (Å²) < 4.78 is 7.32. The Balaban J connectivity index is 2.40. The Kier molecular flexibility index (Phi) is 4.86. The molecule has 1 aromatic heterocycles. The highest BCUT2D eigenvalue weighted by Crippen LogP contribution is 2.01. The fourth-order valence-electron chi connectivity index (χ4n) is 1.13. The topological polar surface area (TPSA) is 27.1 Å². The maximum absolute atomic E-state index is 5.49. The van der Waals surface area contributed by atoms with Gasteiger partial charge in [-0.05, 0) is 6.42 Å². The van der Waals surface area contributed by atoms with E-state index in [0.29, 0.717) is 19.2 Å². The van der Waals surface area contributed by atoms with Crippen LogP contribution in [-0.4, -0.2) is 22.0 Å². The first kappa shape index (κ1) is 10.5. The third kappa shape index (κ3) is 3.36. The van der Waals surface area contributed by atoms with E-state index in [9.17, 15) is 0 Å². The van der Waals surface area contributed by atoms with Crippen LogP contribution >= 0.6 is 11.6 Å². The molecule has 0 saturated heterocycles. The van der Waals surface area contributed by atoms with Crippen LogP contribution in [0.4, 0.5) is 0 Å². The van der Waals surface area contributed by atoms with Crippen LogP contribution in [0.5, 0.6) is 0 Å². The lowest BCUT2D eigenvalue weighted by atomic mass is 10.3. The van der Waals surface area contributed by atoms with Gasteiger partial charge in [-0.3, -0.25) is 0 Å². The van der Waals surface area contributed by atoms with Crippen LogP contribution in [0.1, 0.15) is 19.2 Å². The van der Waals surface area contributed by atoms with Gasteiger partial charge in [-0.15, -0.1) is 11.6 Å². The van der Waals surface area contributed by atoms with Crippen molar-refractivity contribution in [3.8, 4) is 0 Å². The molecule has 0 amide bonds. The summed E-state index contributed by atoms with van der Waals surface area (Å²) in [5.41, 5.74) is 0. The Morgan fingerprint density at radius 1 is 1.62 bits per heavy atom. The van der Waals surface area contributed by atoms with Gasteiger partial charge in [0, 0.05) is 24.7 Å². The zero-order chi connectivity index (χ0) is 9.52. The number of alkyl halides is 1. The van der Waals surface area contributed by atoms with Crippen molar-refractivity contribution in [1.82, 2.24) is 9.55 Å². The summed E-state index contributed by atoms with van der Waals surface area (Å²) in [6.45, 7) is 3.28. The molecule has 0 bridgehead atoms. The van der Waals surface area contributed by atoms with Gasteiger partial charge in [0.1, 0.15) is 12.6 Å². The van der Waals surface area contributed by atoms with Crippen molar-refractivity contribution in [2.45, 2.75) is 26.5 Å². The number of rotatable bonds is 6. The van der Waals surface area contributed by atoms with E-state index in [1.807, 2.05) is 10.8 Å². The SMILES string of the molecule is CCCc1nccn1COCCCl. The molecule has 0 radical (unpaired) electrons. The molecular weight excluding hydrogens is 188 g/mol. The number of hydrogen-bond donors (Lipinski definition) is 0. The summed E-state index contributed by atoms with van der Waals surface area (Å²) in [4.78, 5) is 4.23. The molecule has 1 rings (SSSR count). The predicted octanol–water partition coefficient (Wildman–Crippen LogP) is 2.05. The highest BCUT2D eigenvalue weighted by molar-refractivity contribution is 6.17. The van der Waals surface area contributed by atoms with Crippen LogP contribution in [0, 0.1) is 0 Å². The Morgan fingerprint density at radius 2 is 2.46 bits per heavy atom. The van der Waals surface area contributed by atoms with E-state index in [0.717, 1.165) is 18.7 Å². The Hall–Kier alpha value is -0.540. The van der Waals surface area contributed by atoms with Gasteiger partial charge in [-0.25, -0.2) is 4.98 Å². The molecule has 0 atom stereocenters. The molecule has 0 aliphatic rings. The Labute approximate surface area is 83.7 Å². The number of hydrogen-bond acceptors (Lipinski definition) is 2. The zero-order valence-corrected chi connectivity index (χ0v) is 8.63. The number of halogens is 1. The van der Waals surface area contributed by atoms with Crippen molar-refractivity contribution in [2.24, 2.45) is 0 Å². The second-order valence-electron chi connectivity index (χ2n) is 2.79. The molecule has 0 N–H and O–H groups in total. The Morgan fingerprint density at radius 3 is 3.15 bits per heavy atom. The molecule has 74 valence electrons. The molecule has 0 aromatic carbocycles. The zero-order valence-electron chi connectivity index (χ0n) is 7.87. The van der Waals surface area contributed by atoms with Gasteiger partial charge in [-0.2, -0.15) is 0 Å². The molecule has 3 nitrogen and oxygen atoms in total. The summed E-state index contributed by atoms with van der Waals surface area (Å²) in [5.74, 6) is 1.62. The van der Waals surface area contributed by atoms with Crippen LogP contribution in [0.15, 0.2) is 12.4 Å². The van der Waals surface area contributed by atoms with Crippen LogP contribution < -0.4 is 0 Å². The minimum atomic E-state index is 0.539. The average Bonchev–Trinajstić information content (AvgIpc) is 2.54. The van der Waals surface area contributed by atoms with Gasteiger partial charge in [0.25, 0.3) is 0 Å². The second kappa shape index (κ2) is 6.00. The van der Waals surface area contributed by atoms with Gasteiger partial charge in [0.15, 0.2) is 0 Å². The minimum Gasteiger partial charge on any atom is -0.360 e. The molecule has 0 saturated carbocycles. The molecule has 0 unspecified atom stereocenters. The van der Waals surface area contributed by atoms with Crippen LogP contribution in [-0.2, 0) is 17.9 Å². The fourth-order valence-corrected chi connectivity index (χ4v) is 1.24. The number of aryl methyl sites for hydroxylation is 1.